The number of ether oxygens (including phenoxy) is 2. The zero-order valence-corrected chi connectivity index (χ0v) is 15.8. The highest BCUT2D eigenvalue weighted by Crippen LogP contribution is 2.36. The Morgan fingerprint density at radius 1 is 1.32 bits per heavy atom. The van der Waals surface area contributed by atoms with Crippen molar-refractivity contribution >= 4 is 29.7 Å². The van der Waals surface area contributed by atoms with E-state index in [0.717, 1.165) is 29.2 Å². The lowest BCUT2D eigenvalue weighted by atomic mass is 9.94. The Labute approximate surface area is 157 Å². The van der Waals surface area contributed by atoms with Crippen molar-refractivity contribution in [2.75, 3.05) is 13.3 Å². The molecule has 2 heterocycles. The molecule has 0 saturated carbocycles. The summed E-state index contributed by atoms with van der Waals surface area (Å²) in [5.41, 5.74) is 6.76. The Kier molecular flexibility index (Phi) is 6.26. The second-order valence-electron chi connectivity index (χ2n) is 5.85. The summed E-state index contributed by atoms with van der Waals surface area (Å²) in [4.78, 5) is 17.2. The summed E-state index contributed by atoms with van der Waals surface area (Å²) in [6, 6.07) is 5.64. The molecule has 1 aliphatic rings. The van der Waals surface area contributed by atoms with Crippen molar-refractivity contribution in [1.29, 1.82) is 0 Å². The highest BCUT2D eigenvalue weighted by Gasteiger charge is 2.22. The van der Waals surface area contributed by atoms with Crippen molar-refractivity contribution < 1.29 is 14.3 Å². The van der Waals surface area contributed by atoms with Gasteiger partial charge in [0.05, 0.1) is 6.20 Å². The normalized spacial score (nSPS) is 12.6. The number of fused-ring (bicyclic) bond motifs is 1. The average Bonchev–Trinajstić information content (AvgIpc) is 3.27. The van der Waals surface area contributed by atoms with Gasteiger partial charge in [-0.2, -0.15) is 0 Å². The number of nitrogens with zero attached hydrogens (tertiary/aromatic N) is 1. The van der Waals surface area contributed by atoms with E-state index in [2.05, 4.69) is 10.3 Å². The number of hydrogen-bond donors (Lipinski definition) is 2. The van der Waals surface area contributed by atoms with Gasteiger partial charge in [0.15, 0.2) is 11.5 Å². The smallest absolute Gasteiger partial charge is 0.263 e. The molecule has 0 fully saturated rings. The first-order valence-electron chi connectivity index (χ1n) is 7.97. The lowest BCUT2D eigenvalue weighted by Gasteiger charge is -2.26. The van der Waals surface area contributed by atoms with Crippen LogP contribution in [0.5, 0.6) is 11.5 Å². The quantitative estimate of drug-likeness (QED) is 0.799. The van der Waals surface area contributed by atoms with Crippen LogP contribution in [0.1, 0.15) is 36.4 Å². The standard InChI is InChI=1S/C17H21N3O3S.ClH/c1-3-17(18,4-2)9-20-15(21)14-8-19-16(24-14)11-5-6-12-13(7-11)23-10-22-12;/h5-8H,3-4,9-10,18H2,1-2H3,(H,20,21);1H. The van der Waals surface area contributed by atoms with Crippen LogP contribution in [0.2, 0.25) is 0 Å². The predicted octanol–water partition coefficient (Wildman–Crippen LogP) is 3.21. The van der Waals surface area contributed by atoms with Gasteiger partial charge in [-0.15, -0.1) is 23.7 Å². The molecular formula is C17H22ClN3O3S. The number of hydrogen-bond acceptors (Lipinski definition) is 6. The first-order chi connectivity index (χ1) is 11.5. The Morgan fingerprint density at radius 2 is 2.04 bits per heavy atom. The molecule has 25 heavy (non-hydrogen) atoms. The molecule has 136 valence electrons. The SMILES string of the molecule is CCC(N)(CC)CNC(=O)c1cnc(-c2ccc3c(c2)OCO3)s1.Cl. The maximum atomic E-state index is 12.3. The largest absolute Gasteiger partial charge is 0.454 e. The molecular weight excluding hydrogens is 362 g/mol. The van der Waals surface area contributed by atoms with Gasteiger partial charge in [-0.1, -0.05) is 13.8 Å². The first-order valence-corrected chi connectivity index (χ1v) is 8.79. The molecule has 3 rings (SSSR count). The molecule has 0 spiro atoms. The number of carbonyl (C=O) groups is 1. The first kappa shape index (κ1) is 19.5. The second kappa shape index (κ2) is 8.03. The molecule has 2 aromatic rings. The van der Waals surface area contributed by atoms with E-state index < -0.39 is 0 Å². The monoisotopic (exact) mass is 383 g/mol. The summed E-state index contributed by atoms with van der Waals surface area (Å²) < 4.78 is 10.7. The van der Waals surface area contributed by atoms with Crippen molar-refractivity contribution in [2.24, 2.45) is 5.73 Å². The maximum Gasteiger partial charge on any atom is 0.263 e. The molecule has 8 heteroatoms. The van der Waals surface area contributed by atoms with Crippen LogP contribution in [0, 0.1) is 0 Å². The van der Waals surface area contributed by atoms with E-state index in [1.54, 1.807) is 6.20 Å². The van der Waals surface area contributed by atoms with Gasteiger partial charge in [0, 0.05) is 17.6 Å². The Morgan fingerprint density at radius 3 is 2.76 bits per heavy atom. The highest BCUT2D eigenvalue weighted by molar-refractivity contribution is 7.16. The third-order valence-corrected chi connectivity index (χ3v) is 5.40. The van der Waals surface area contributed by atoms with Crippen LogP contribution in [0.4, 0.5) is 0 Å². The molecule has 0 radical (unpaired) electrons. The van der Waals surface area contributed by atoms with E-state index in [0.29, 0.717) is 17.2 Å². The summed E-state index contributed by atoms with van der Waals surface area (Å²) in [5, 5.41) is 3.68. The van der Waals surface area contributed by atoms with Crippen LogP contribution in [-0.2, 0) is 0 Å². The predicted molar refractivity (Wildman–Crippen MR) is 101 cm³/mol. The minimum atomic E-state index is -0.361. The van der Waals surface area contributed by atoms with Gasteiger partial charge in [0.2, 0.25) is 6.79 Å². The van der Waals surface area contributed by atoms with Crippen molar-refractivity contribution in [2.45, 2.75) is 32.2 Å². The number of halogens is 1. The van der Waals surface area contributed by atoms with Crippen LogP contribution < -0.4 is 20.5 Å². The number of thiazole rings is 1. The Bertz CT molecular complexity index is 746. The minimum absolute atomic E-state index is 0. The van der Waals surface area contributed by atoms with E-state index in [4.69, 9.17) is 15.2 Å². The number of amides is 1. The summed E-state index contributed by atoms with van der Waals surface area (Å²) in [6.45, 7) is 4.75. The van der Waals surface area contributed by atoms with Crippen LogP contribution in [0.3, 0.4) is 0 Å². The van der Waals surface area contributed by atoms with Crippen molar-refractivity contribution in [3.05, 3.63) is 29.3 Å². The fraction of sp³-hybridized carbons (Fsp3) is 0.412. The molecule has 0 atom stereocenters. The van der Waals surface area contributed by atoms with Crippen molar-refractivity contribution in [1.82, 2.24) is 10.3 Å². The topological polar surface area (TPSA) is 86.5 Å². The molecule has 0 unspecified atom stereocenters. The molecule has 6 nitrogen and oxygen atoms in total. The Balaban J connectivity index is 0.00000225. The fourth-order valence-electron chi connectivity index (χ4n) is 2.39. The second-order valence-corrected chi connectivity index (χ2v) is 6.88. The zero-order chi connectivity index (χ0) is 17.2. The molecule has 1 aromatic carbocycles. The molecule has 1 amide bonds. The fourth-order valence-corrected chi connectivity index (χ4v) is 3.21. The van der Waals surface area contributed by atoms with Crippen LogP contribution in [0.15, 0.2) is 24.4 Å². The molecule has 0 bridgehead atoms. The number of rotatable bonds is 6. The zero-order valence-electron chi connectivity index (χ0n) is 14.2. The molecule has 1 aliphatic heterocycles. The molecule has 0 saturated heterocycles. The van der Waals surface area contributed by atoms with E-state index >= 15 is 0 Å². The highest BCUT2D eigenvalue weighted by atomic mass is 35.5. The van der Waals surface area contributed by atoms with E-state index in [1.807, 2.05) is 32.0 Å². The van der Waals surface area contributed by atoms with Gasteiger partial charge in [0.25, 0.3) is 5.91 Å². The van der Waals surface area contributed by atoms with E-state index in [-0.39, 0.29) is 30.6 Å². The number of nitrogens with two attached hydrogens (primary N) is 1. The number of carbonyl (C=O) groups excluding carboxylic acids is 1. The van der Waals surface area contributed by atoms with Crippen LogP contribution >= 0.6 is 23.7 Å². The van der Waals surface area contributed by atoms with Crippen molar-refractivity contribution in [3.63, 3.8) is 0 Å². The number of nitrogens with one attached hydrogen (secondary N) is 1. The third-order valence-electron chi connectivity index (χ3n) is 4.36. The molecule has 3 N–H and O–H groups in total. The summed E-state index contributed by atoms with van der Waals surface area (Å²) in [6.07, 6.45) is 3.22. The van der Waals surface area contributed by atoms with Gasteiger partial charge in [0.1, 0.15) is 9.88 Å². The molecule has 1 aromatic heterocycles. The minimum Gasteiger partial charge on any atom is -0.454 e. The lowest BCUT2D eigenvalue weighted by molar-refractivity contribution is 0.0946. The van der Waals surface area contributed by atoms with Crippen molar-refractivity contribution in [3.8, 4) is 22.1 Å². The number of aromatic nitrogens is 1. The number of benzene rings is 1. The van der Waals surface area contributed by atoms with Crippen LogP contribution in [-0.4, -0.2) is 29.8 Å². The van der Waals surface area contributed by atoms with E-state index in [1.165, 1.54) is 11.3 Å². The van der Waals surface area contributed by atoms with Gasteiger partial charge in [-0.3, -0.25) is 4.79 Å². The molecule has 0 aliphatic carbocycles. The Hall–Kier alpha value is -1.83. The van der Waals surface area contributed by atoms with Gasteiger partial charge >= 0.3 is 0 Å². The summed E-state index contributed by atoms with van der Waals surface area (Å²) >= 11 is 1.34. The summed E-state index contributed by atoms with van der Waals surface area (Å²) in [7, 11) is 0. The average molecular weight is 384 g/mol. The summed E-state index contributed by atoms with van der Waals surface area (Å²) in [5.74, 6) is 1.29. The van der Waals surface area contributed by atoms with Crippen LogP contribution in [0.25, 0.3) is 10.6 Å². The third kappa shape index (κ3) is 4.23. The lowest BCUT2D eigenvalue weighted by Crippen LogP contribution is -2.49. The van der Waals surface area contributed by atoms with E-state index in [9.17, 15) is 4.79 Å². The maximum absolute atomic E-state index is 12.3. The van der Waals surface area contributed by atoms with Gasteiger partial charge < -0.3 is 20.5 Å². The van der Waals surface area contributed by atoms with Gasteiger partial charge in [-0.05, 0) is 31.0 Å². The van der Waals surface area contributed by atoms with Gasteiger partial charge in [-0.25, -0.2) is 4.98 Å².